The van der Waals surface area contributed by atoms with Gasteiger partial charge < -0.3 is 5.48 Å². The molecular weight excluding hydrogens is 210 g/mol. The molecule has 0 saturated carbocycles. The molecule has 1 saturated heterocycles. The van der Waals surface area contributed by atoms with Crippen molar-refractivity contribution in [1.82, 2.24) is 4.90 Å². The van der Waals surface area contributed by atoms with Gasteiger partial charge in [-0.2, -0.15) is 0 Å². The number of hydrogen-bond donors (Lipinski definition) is 0. The average molecular weight is 230 g/mol. The SMILES string of the molecule is Cl.O.c1ccc(CN2CCCCC2)cc1. The molecule has 1 aromatic rings. The molecule has 0 aliphatic carbocycles. The fraction of sp³-hybridized carbons (Fsp3) is 0.500. The summed E-state index contributed by atoms with van der Waals surface area (Å²) in [5.74, 6) is 0. The van der Waals surface area contributed by atoms with Gasteiger partial charge in [0.05, 0.1) is 0 Å². The van der Waals surface area contributed by atoms with E-state index in [-0.39, 0.29) is 17.9 Å². The van der Waals surface area contributed by atoms with Crippen LogP contribution in [-0.2, 0) is 6.54 Å². The normalized spacial score (nSPS) is 16.3. The van der Waals surface area contributed by atoms with Gasteiger partial charge in [0.25, 0.3) is 0 Å². The van der Waals surface area contributed by atoms with Crippen molar-refractivity contribution in [2.24, 2.45) is 0 Å². The molecule has 0 aromatic heterocycles. The van der Waals surface area contributed by atoms with Crippen LogP contribution >= 0.6 is 12.4 Å². The Bertz CT molecular complexity index is 247. The van der Waals surface area contributed by atoms with E-state index in [4.69, 9.17) is 0 Å². The third-order valence-corrected chi connectivity index (χ3v) is 2.70. The smallest absolute Gasteiger partial charge is 0.0233 e. The lowest BCUT2D eigenvalue weighted by molar-refractivity contribution is 0.221. The standard InChI is InChI=1S/C12H17N.ClH.H2O/c1-3-7-12(8-4-1)11-13-9-5-2-6-10-13;;/h1,3-4,7-8H,2,5-6,9-11H2;1H;1H2. The van der Waals surface area contributed by atoms with E-state index >= 15 is 0 Å². The lowest BCUT2D eigenvalue weighted by atomic mass is 10.1. The van der Waals surface area contributed by atoms with Crippen molar-refractivity contribution in [1.29, 1.82) is 0 Å². The highest BCUT2D eigenvalue weighted by molar-refractivity contribution is 5.85. The van der Waals surface area contributed by atoms with Crippen molar-refractivity contribution >= 4 is 12.4 Å². The van der Waals surface area contributed by atoms with E-state index in [0.29, 0.717) is 0 Å². The molecule has 0 atom stereocenters. The number of likely N-dealkylation sites (tertiary alicyclic amines) is 1. The molecule has 2 rings (SSSR count). The van der Waals surface area contributed by atoms with E-state index in [0.717, 1.165) is 6.54 Å². The average Bonchev–Trinajstić information content (AvgIpc) is 2.21. The Morgan fingerprint density at radius 2 is 1.53 bits per heavy atom. The van der Waals surface area contributed by atoms with Crippen LogP contribution in [0, 0.1) is 0 Å². The van der Waals surface area contributed by atoms with Crippen molar-refractivity contribution in [3.63, 3.8) is 0 Å². The van der Waals surface area contributed by atoms with E-state index in [1.54, 1.807) is 0 Å². The van der Waals surface area contributed by atoms with Gasteiger partial charge in [0, 0.05) is 6.54 Å². The predicted octanol–water partition coefficient (Wildman–Crippen LogP) is 2.27. The van der Waals surface area contributed by atoms with Crippen molar-refractivity contribution in [3.05, 3.63) is 35.9 Å². The predicted molar refractivity (Wildman–Crippen MR) is 66.4 cm³/mol. The van der Waals surface area contributed by atoms with Gasteiger partial charge in [0.1, 0.15) is 0 Å². The zero-order valence-corrected chi connectivity index (χ0v) is 9.80. The molecule has 1 heterocycles. The molecule has 1 fully saturated rings. The second-order valence-electron chi connectivity index (χ2n) is 3.82. The second kappa shape index (κ2) is 7.69. The van der Waals surface area contributed by atoms with Gasteiger partial charge >= 0.3 is 0 Å². The third-order valence-electron chi connectivity index (χ3n) is 2.70. The molecule has 86 valence electrons. The van der Waals surface area contributed by atoms with Gasteiger partial charge in [-0.25, -0.2) is 0 Å². The first kappa shape index (κ1) is 14.4. The Morgan fingerprint density at radius 3 is 2.13 bits per heavy atom. The van der Waals surface area contributed by atoms with Crippen LogP contribution in [0.3, 0.4) is 0 Å². The Hall–Kier alpha value is -0.570. The van der Waals surface area contributed by atoms with Crippen LogP contribution in [-0.4, -0.2) is 23.5 Å². The minimum absolute atomic E-state index is 0. The Morgan fingerprint density at radius 1 is 0.933 bits per heavy atom. The number of piperidine rings is 1. The molecule has 0 unspecified atom stereocenters. The highest BCUT2D eigenvalue weighted by Crippen LogP contribution is 2.12. The Balaban J connectivity index is 0.000000980. The van der Waals surface area contributed by atoms with Gasteiger partial charge in [0.2, 0.25) is 0 Å². The van der Waals surface area contributed by atoms with E-state index in [1.807, 2.05) is 0 Å². The summed E-state index contributed by atoms with van der Waals surface area (Å²) in [5.41, 5.74) is 1.45. The van der Waals surface area contributed by atoms with E-state index < -0.39 is 0 Å². The summed E-state index contributed by atoms with van der Waals surface area (Å²) in [5, 5.41) is 0. The van der Waals surface area contributed by atoms with E-state index in [9.17, 15) is 0 Å². The van der Waals surface area contributed by atoms with Gasteiger partial charge in [0.15, 0.2) is 0 Å². The molecule has 15 heavy (non-hydrogen) atoms. The quantitative estimate of drug-likeness (QED) is 0.766. The van der Waals surface area contributed by atoms with Crippen LogP contribution < -0.4 is 0 Å². The maximum Gasteiger partial charge on any atom is 0.0233 e. The third kappa shape index (κ3) is 4.65. The molecular formula is C12H20ClNO. The van der Waals surface area contributed by atoms with Crippen molar-refractivity contribution in [2.45, 2.75) is 25.8 Å². The Kier molecular flexibility index (Phi) is 7.39. The molecule has 1 aliphatic heterocycles. The highest BCUT2D eigenvalue weighted by Gasteiger charge is 2.09. The first-order chi connectivity index (χ1) is 6.45. The van der Waals surface area contributed by atoms with Gasteiger partial charge in [-0.1, -0.05) is 36.8 Å². The largest absolute Gasteiger partial charge is 0.412 e. The zero-order valence-electron chi connectivity index (χ0n) is 8.98. The molecule has 2 N–H and O–H groups in total. The lowest BCUT2D eigenvalue weighted by Gasteiger charge is -2.26. The summed E-state index contributed by atoms with van der Waals surface area (Å²) < 4.78 is 0. The van der Waals surface area contributed by atoms with Crippen LogP contribution in [0.5, 0.6) is 0 Å². The van der Waals surface area contributed by atoms with E-state index in [1.165, 1.54) is 37.9 Å². The molecule has 3 heteroatoms. The van der Waals surface area contributed by atoms with Crippen LogP contribution in [0.4, 0.5) is 0 Å². The summed E-state index contributed by atoms with van der Waals surface area (Å²) >= 11 is 0. The lowest BCUT2D eigenvalue weighted by Crippen LogP contribution is -2.28. The van der Waals surface area contributed by atoms with Crippen LogP contribution in [0.1, 0.15) is 24.8 Å². The summed E-state index contributed by atoms with van der Waals surface area (Å²) in [6.07, 6.45) is 4.19. The number of halogens is 1. The monoisotopic (exact) mass is 229 g/mol. The maximum atomic E-state index is 2.55. The number of rotatable bonds is 2. The molecule has 1 aliphatic rings. The first-order valence-electron chi connectivity index (χ1n) is 5.21. The maximum absolute atomic E-state index is 2.55. The molecule has 0 spiro atoms. The molecule has 0 radical (unpaired) electrons. The highest BCUT2D eigenvalue weighted by atomic mass is 35.5. The molecule has 0 amide bonds. The fourth-order valence-electron chi connectivity index (χ4n) is 1.96. The summed E-state index contributed by atoms with van der Waals surface area (Å²) in [4.78, 5) is 2.55. The topological polar surface area (TPSA) is 34.7 Å². The molecule has 2 nitrogen and oxygen atoms in total. The Labute approximate surface area is 98.0 Å². The van der Waals surface area contributed by atoms with Crippen LogP contribution in [0.15, 0.2) is 30.3 Å². The molecule has 1 aromatic carbocycles. The second-order valence-corrected chi connectivity index (χ2v) is 3.82. The van der Waals surface area contributed by atoms with Crippen LogP contribution in [0.2, 0.25) is 0 Å². The minimum Gasteiger partial charge on any atom is -0.412 e. The fourth-order valence-corrected chi connectivity index (χ4v) is 1.96. The van der Waals surface area contributed by atoms with E-state index in [2.05, 4.69) is 35.2 Å². The molecule has 0 bridgehead atoms. The van der Waals surface area contributed by atoms with Crippen molar-refractivity contribution < 1.29 is 5.48 Å². The minimum atomic E-state index is 0. The number of nitrogens with zero attached hydrogens (tertiary/aromatic N) is 1. The van der Waals surface area contributed by atoms with Gasteiger partial charge in [-0.15, -0.1) is 12.4 Å². The first-order valence-corrected chi connectivity index (χ1v) is 5.21. The zero-order chi connectivity index (χ0) is 8.93. The van der Waals surface area contributed by atoms with Crippen LogP contribution in [0.25, 0.3) is 0 Å². The number of hydrogen-bond acceptors (Lipinski definition) is 1. The number of benzene rings is 1. The summed E-state index contributed by atoms with van der Waals surface area (Å²) in [6, 6.07) is 10.8. The van der Waals surface area contributed by atoms with Gasteiger partial charge in [-0.3, -0.25) is 4.90 Å². The van der Waals surface area contributed by atoms with Crippen molar-refractivity contribution in [2.75, 3.05) is 13.1 Å². The van der Waals surface area contributed by atoms with Crippen molar-refractivity contribution in [3.8, 4) is 0 Å². The summed E-state index contributed by atoms with van der Waals surface area (Å²) in [6.45, 7) is 3.71. The summed E-state index contributed by atoms with van der Waals surface area (Å²) in [7, 11) is 0. The van der Waals surface area contributed by atoms with Gasteiger partial charge in [-0.05, 0) is 31.5 Å².